The van der Waals surface area contributed by atoms with Gasteiger partial charge in [0.2, 0.25) is 0 Å². The number of hydrogen-bond donors (Lipinski definition) is 9. The second-order valence-electron chi connectivity index (χ2n) is 8.24. The van der Waals surface area contributed by atoms with Gasteiger partial charge >= 0.3 is 23.9 Å². The maximum Gasteiger partial charge on any atom is 0.335 e. The molecule has 2 rings (SSSR count). The van der Waals surface area contributed by atoms with E-state index in [1.54, 1.807) is 0 Å². The number of rotatable bonds is 13. The first-order valence-electron chi connectivity index (χ1n) is 12.2. The summed E-state index contributed by atoms with van der Waals surface area (Å²) in [6.07, 6.45) is 1.71. The van der Waals surface area contributed by atoms with Crippen molar-refractivity contribution in [3.8, 4) is 5.75 Å². The molecular formula is C26H38N6O8. The first-order chi connectivity index (χ1) is 18.9. The van der Waals surface area contributed by atoms with Gasteiger partial charge in [0, 0.05) is 13.0 Å². The molecular weight excluding hydrogens is 524 g/mol. The van der Waals surface area contributed by atoms with E-state index in [4.69, 9.17) is 48.4 Å². The summed E-state index contributed by atoms with van der Waals surface area (Å²) in [5.41, 5.74) is 22.4. The number of aromatic carboxylic acids is 1. The third-order valence-corrected chi connectivity index (χ3v) is 4.89. The van der Waals surface area contributed by atoms with Gasteiger partial charge in [0.15, 0.2) is 5.96 Å². The summed E-state index contributed by atoms with van der Waals surface area (Å²) in [4.78, 5) is 42.6. The predicted molar refractivity (Wildman–Crippen MR) is 148 cm³/mol. The highest BCUT2D eigenvalue weighted by molar-refractivity contribution is 5.88. The molecule has 0 amide bonds. The topological polar surface area (TPSA) is 278 Å². The highest BCUT2D eigenvalue weighted by Crippen LogP contribution is 2.13. The van der Waals surface area contributed by atoms with E-state index in [1.807, 2.05) is 18.2 Å². The summed E-state index contributed by atoms with van der Waals surface area (Å²) in [5, 5.41) is 34.9. The fraction of sp³-hybridized carbons (Fsp3) is 0.346. The zero-order valence-electron chi connectivity index (χ0n) is 22.0. The van der Waals surface area contributed by atoms with Crippen molar-refractivity contribution in [2.75, 3.05) is 13.1 Å². The van der Waals surface area contributed by atoms with Gasteiger partial charge in [0.25, 0.3) is 0 Å². The standard InChI is InChI=1S/C12H13NO6.C8H11N.C6H14N4O2/c13-9(5-6-10(14)15)12(18)19-8-3-1-7(2-4-8)11(16)17;9-7-6-8-4-2-1-3-5-8;7-4(5(11)12)2-1-3-10-6(8)9/h1-4,9H,5-6,13H2,(H,14,15)(H,16,17);1-5H,6-7,9H2;4H,1-3,7H2,(H,11,12)(H4,8,9,10)/t9-;;4-/m0.1/s1. The molecule has 14 nitrogen and oxygen atoms in total. The first kappa shape index (κ1) is 35.5. The van der Waals surface area contributed by atoms with Crippen molar-refractivity contribution in [1.29, 1.82) is 5.41 Å². The summed E-state index contributed by atoms with van der Waals surface area (Å²) >= 11 is 0. The second kappa shape index (κ2) is 20.4. The molecule has 40 heavy (non-hydrogen) atoms. The third kappa shape index (κ3) is 17.8. The van der Waals surface area contributed by atoms with Crippen molar-refractivity contribution in [1.82, 2.24) is 5.32 Å². The lowest BCUT2D eigenvalue weighted by atomic mass is 10.2. The van der Waals surface area contributed by atoms with Crippen LogP contribution in [-0.4, -0.2) is 70.3 Å². The SMILES string of the molecule is N=C(N)NCCC[C@@H](N)C(=O)O.NCCc1ccccc1.N[C@@H](CCC(=O)O)C(=O)Oc1ccc(C(=O)O)cc1. The van der Waals surface area contributed by atoms with Crippen LogP contribution in [-0.2, 0) is 20.8 Å². The molecule has 0 saturated carbocycles. The Morgan fingerprint density at radius 3 is 1.98 bits per heavy atom. The number of nitrogens with two attached hydrogens (primary N) is 4. The van der Waals surface area contributed by atoms with Crippen molar-refractivity contribution < 1.29 is 39.2 Å². The zero-order valence-corrected chi connectivity index (χ0v) is 22.0. The molecule has 0 spiro atoms. The van der Waals surface area contributed by atoms with E-state index in [-0.39, 0.29) is 30.1 Å². The molecule has 0 aliphatic carbocycles. The van der Waals surface area contributed by atoms with Crippen LogP contribution >= 0.6 is 0 Å². The van der Waals surface area contributed by atoms with Gasteiger partial charge in [0.1, 0.15) is 17.8 Å². The summed E-state index contributed by atoms with van der Waals surface area (Å²) < 4.78 is 4.89. The number of benzene rings is 2. The second-order valence-corrected chi connectivity index (χ2v) is 8.24. The van der Waals surface area contributed by atoms with Crippen LogP contribution in [0.15, 0.2) is 54.6 Å². The molecule has 0 aliphatic rings. The Kier molecular flexibility index (Phi) is 18.1. The first-order valence-corrected chi connectivity index (χ1v) is 12.2. The normalized spacial score (nSPS) is 11.3. The quantitative estimate of drug-likeness (QED) is 0.0524. The Labute approximate surface area is 231 Å². The van der Waals surface area contributed by atoms with Crippen LogP contribution in [0, 0.1) is 5.41 Å². The van der Waals surface area contributed by atoms with Crippen LogP contribution in [0.5, 0.6) is 5.75 Å². The Hall–Kier alpha value is -4.53. The maximum atomic E-state index is 11.5. The molecule has 0 radical (unpaired) electrons. The number of esters is 1. The highest BCUT2D eigenvalue weighted by atomic mass is 16.5. The Morgan fingerprint density at radius 2 is 1.50 bits per heavy atom. The Bertz CT molecular complexity index is 1070. The van der Waals surface area contributed by atoms with Crippen molar-refractivity contribution >= 4 is 29.8 Å². The van der Waals surface area contributed by atoms with Crippen LogP contribution in [0.2, 0.25) is 0 Å². The van der Waals surface area contributed by atoms with Crippen LogP contribution in [0.3, 0.4) is 0 Å². The number of carboxylic acid groups (broad SMARTS) is 3. The van der Waals surface area contributed by atoms with Crippen molar-refractivity contribution in [3.05, 3.63) is 65.7 Å². The number of ether oxygens (including phenoxy) is 1. The molecule has 2 aromatic carbocycles. The molecule has 0 fully saturated rings. The molecule has 0 aromatic heterocycles. The average molecular weight is 563 g/mol. The van der Waals surface area contributed by atoms with E-state index in [0.29, 0.717) is 19.4 Å². The number of carbonyl (C=O) groups excluding carboxylic acids is 1. The van der Waals surface area contributed by atoms with E-state index in [2.05, 4.69) is 17.4 Å². The zero-order chi connectivity index (χ0) is 30.5. The van der Waals surface area contributed by atoms with Crippen molar-refractivity contribution in [2.45, 2.75) is 44.2 Å². The average Bonchev–Trinajstić information content (AvgIpc) is 2.91. The monoisotopic (exact) mass is 562 g/mol. The third-order valence-electron chi connectivity index (χ3n) is 4.89. The number of hydrogen-bond acceptors (Lipinski definition) is 9. The molecule has 0 heterocycles. The van der Waals surface area contributed by atoms with Gasteiger partial charge in [-0.05, 0) is 62.1 Å². The van der Waals surface area contributed by atoms with Gasteiger partial charge in [-0.25, -0.2) is 9.59 Å². The van der Waals surface area contributed by atoms with Gasteiger partial charge in [-0.1, -0.05) is 30.3 Å². The Balaban J connectivity index is 0.000000619. The van der Waals surface area contributed by atoms with Crippen LogP contribution in [0.1, 0.15) is 41.6 Å². The Morgan fingerprint density at radius 1 is 0.900 bits per heavy atom. The fourth-order valence-corrected chi connectivity index (χ4v) is 2.73. The van der Waals surface area contributed by atoms with Crippen LogP contribution in [0.25, 0.3) is 0 Å². The lowest BCUT2D eigenvalue weighted by Crippen LogP contribution is -2.34. The molecule has 0 aliphatic heterocycles. The minimum absolute atomic E-state index is 0.0264. The minimum atomic E-state index is -1.09. The molecule has 2 aromatic rings. The van der Waals surface area contributed by atoms with Gasteiger partial charge in [-0.15, -0.1) is 0 Å². The molecule has 220 valence electrons. The summed E-state index contributed by atoms with van der Waals surface area (Å²) in [6, 6.07) is 13.6. The van der Waals surface area contributed by atoms with E-state index in [9.17, 15) is 19.2 Å². The molecule has 0 bridgehead atoms. The number of carbonyl (C=O) groups is 4. The smallest absolute Gasteiger partial charge is 0.335 e. The van der Waals surface area contributed by atoms with Gasteiger partial charge < -0.3 is 48.3 Å². The van der Waals surface area contributed by atoms with Crippen LogP contribution < -0.4 is 33.0 Å². The van der Waals surface area contributed by atoms with Crippen LogP contribution in [0.4, 0.5) is 0 Å². The largest absolute Gasteiger partial charge is 0.481 e. The molecule has 0 saturated heterocycles. The summed E-state index contributed by atoms with van der Waals surface area (Å²) in [5.74, 6) is -3.85. The van der Waals surface area contributed by atoms with Crippen molar-refractivity contribution in [2.24, 2.45) is 22.9 Å². The summed E-state index contributed by atoms with van der Waals surface area (Å²) in [6.45, 7) is 1.22. The van der Waals surface area contributed by atoms with E-state index >= 15 is 0 Å². The molecule has 13 N–H and O–H groups in total. The van der Waals surface area contributed by atoms with Gasteiger partial charge in [-0.3, -0.25) is 15.0 Å². The maximum absolute atomic E-state index is 11.5. The van der Waals surface area contributed by atoms with E-state index in [0.717, 1.165) is 13.0 Å². The molecule has 2 atom stereocenters. The molecule has 14 heteroatoms. The van der Waals surface area contributed by atoms with E-state index in [1.165, 1.54) is 29.8 Å². The number of aliphatic carboxylic acids is 2. The van der Waals surface area contributed by atoms with Gasteiger partial charge in [-0.2, -0.15) is 0 Å². The summed E-state index contributed by atoms with van der Waals surface area (Å²) in [7, 11) is 0. The number of guanidine groups is 1. The minimum Gasteiger partial charge on any atom is -0.481 e. The highest BCUT2D eigenvalue weighted by Gasteiger charge is 2.17. The lowest BCUT2D eigenvalue weighted by Gasteiger charge is -2.10. The molecule has 0 unspecified atom stereocenters. The van der Waals surface area contributed by atoms with Crippen molar-refractivity contribution in [3.63, 3.8) is 0 Å². The number of nitrogens with one attached hydrogen (secondary N) is 2. The lowest BCUT2D eigenvalue weighted by molar-refractivity contribution is -0.139. The predicted octanol–water partition coefficient (Wildman–Crippen LogP) is 0.332. The van der Waals surface area contributed by atoms with Gasteiger partial charge in [0.05, 0.1) is 5.56 Å². The fourth-order valence-electron chi connectivity index (χ4n) is 2.73. The number of carboxylic acids is 3. The van der Waals surface area contributed by atoms with E-state index < -0.39 is 36.0 Å².